The Hall–Kier alpha value is -0.930. The molecule has 1 unspecified atom stereocenters. The number of ether oxygens (including phenoxy) is 1. The molecule has 4 heteroatoms. The molecule has 2 N–H and O–H groups in total. The Bertz CT molecular complexity index is 248. The van der Waals surface area contributed by atoms with Gasteiger partial charge in [-0.3, -0.25) is 0 Å². The molecule has 3 nitrogen and oxygen atoms in total. The van der Waals surface area contributed by atoms with E-state index >= 15 is 0 Å². The highest BCUT2D eigenvalue weighted by molar-refractivity contribution is 6.18. The molecular weight excluding hydrogens is 192 g/mol. The SMILES string of the molecule is Oc1ccc(OCC(O)CCl)cc1. The number of rotatable bonds is 4. The Kier molecular flexibility index (Phi) is 3.86. The Morgan fingerprint density at radius 3 is 2.46 bits per heavy atom. The predicted molar refractivity (Wildman–Crippen MR) is 50.3 cm³/mol. The van der Waals surface area contributed by atoms with Gasteiger partial charge in [0.2, 0.25) is 0 Å². The smallest absolute Gasteiger partial charge is 0.119 e. The molecule has 0 aliphatic heterocycles. The van der Waals surface area contributed by atoms with Gasteiger partial charge in [0.1, 0.15) is 24.2 Å². The van der Waals surface area contributed by atoms with Gasteiger partial charge in [0.15, 0.2) is 0 Å². The second kappa shape index (κ2) is 4.94. The molecule has 0 amide bonds. The van der Waals surface area contributed by atoms with Crippen LogP contribution in [0.25, 0.3) is 0 Å². The zero-order chi connectivity index (χ0) is 9.68. The second-order valence-electron chi connectivity index (χ2n) is 2.61. The van der Waals surface area contributed by atoms with Crippen LogP contribution >= 0.6 is 11.6 Å². The number of phenolic OH excluding ortho intramolecular Hbond substituents is 1. The topological polar surface area (TPSA) is 49.7 Å². The highest BCUT2D eigenvalue weighted by Gasteiger charge is 2.02. The van der Waals surface area contributed by atoms with E-state index in [1.807, 2.05) is 0 Å². The lowest BCUT2D eigenvalue weighted by molar-refractivity contribution is 0.125. The number of hydrogen-bond donors (Lipinski definition) is 2. The summed E-state index contributed by atoms with van der Waals surface area (Å²) >= 11 is 5.37. The van der Waals surface area contributed by atoms with Crippen molar-refractivity contribution < 1.29 is 14.9 Å². The normalized spacial score (nSPS) is 12.5. The van der Waals surface area contributed by atoms with E-state index in [-0.39, 0.29) is 18.2 Å². The van der Waals surface area contributed by atoms with E-state index < -0.39 is 6.10 Å². The van der Waals surface area contributed by atoms with Gasteiger partial charge in [0.25, 0.3) is 0 Å². The lowest BCUT2D eigenvalue weighted by atomic mass is 10.3. The molecule has 0 heterocycles. The molecule has 0 saturated carbocycles. The third-order valence-corrected chi connectivity index (χ3v) is 1.81. The standard InChI is InChI=1S/C9H11ClO3/c10-5-8(12)6-13-9-3-1-7(11)2-4-9/h1-4,8,11-12H,5-6H2. The van der Waals surface area contributed by atoms with Crippen LogP contribution in [0, 0.1) is 0 Å². The van der Waals surface area contributed by atoms with Gasteiger partial charge in [0, 0.05) is 0 Å². The van der Waals surface area contributed by atoms with Gasteiger partial charge >= 0.3 is 0 Å². The van der Waals surface area contributed by atoms with Crippen LogP contribution in [-0.4, -0.2) is 28.8 Å². The highest BCUT2D eigenvalue weighted by Crippen LogP contribution is 2.15. The second-order valence-corrected chi connectivity index (χ2v) is 2.92. The van der Waals surface area contributed by atoms with Crippen molar-refractivity contribution in [2.75, 3.05) is 12.5 Å². The lowest BCUT2D eigenvalue weighted by Gasteiger charge is -2.09. The van der Waals surface area contributed by atoms with Crippen LogP contribution in [0.1, 0.15) is 0 Å². The molecule has 0 spiro atoms. The number of aliphatic hydroxyl groups excluding tert-OH is 1. The molecule has 0 aliphatic rings. The van der Waals surface area contributed by atoms with Crippen molar-refractivity contribution in [3.8, 4) is 11.5 Å². The van der Waals surface area contributed by atoms with Crippen molar-refractivity contribution in [1.82, 2.24) is 0 Å². The molecule has 1 aromatic carbocycles. The maximum Gasteiger partial charge on any atom is 0.119 e. The van der Waals surface area contributed by atoms with E-state index in [1.165, 1.54) is 12.1 Å². The summed E-state index contributed by atoms with van der Waals surface area (Å²) in [4.78, 5) is 0. The molecule has 1 rings (SSSR count). The Balaban J connectivity index is 2.41. The first-order chi connectivity index (χ1) is 6.22. The molecule has 0 fully saturated rings. The molecule has 0 bridgehead atoms. The zero-order valence-corrected chi connectivity index (χ0v) is 7.74. The van der Waals surface area contributed by atoms with Crippen molar-refractivity contribution in [2.45, 2.75) is 6.10 Å². The third-order valence-electron chi connectivity index (χ3n) is 1.46. The number of alkyl halides is 1. The highest BCUT2D eigenvalue weighted by atomic mass is 35.5. The maximum absolute atomic E-state index is 9.07. The summed E-state index contributed by atoms with van der Waals surface area (Å²) in [6.45, 7) is 0.161. The summed E-state index contributed by atoms with van der Waals surface area (Å²) in [5.74, 6) is 0.935. The molecule has 0 aliphatic carbocycles. The quantitative estimate of drug-likeness (QED) is 0.726. The van der Waals surface area contributed by atoms with Crippen LogP contribution < -0.4 is 4.74 Å². The fourth-order valence-corrected chi connectivity index (χ4v) is 0.868. The zero-order valence-electron chi connectivity index (χ0n) is 6.98. The van der Waals surface area contributed by atoms with Gasteiger partial charge in [-0.05, 0) is 24.3 Å². The first kappa shape index (κ1) is 10.2. The van der Waals surface area contributed by atoms with Crippen LogP contribution in [-0.2, 0) is 0 Å². The van der Waals surface area contributed by atoms with Crippen molar-refractivity contribution in [1.29, 1.82) is 0 Å². The lowest BCUT2D eigenvalue weighted by Crippen LogP contribution is -2.18. The fourth-order valence-electron chi connectivity index (χ4n) is 0.779. The average Bonchev–Trinajstić information content (AvgIpc) is 2.16. The molecule has 0 saturated heterocycles. The van der Waals surface area contributed by atoms with Crippen LogP contribution in [0.3, 0.4) is 0 Å². The number of hydrogen-bond acceptors (Lipinski definition) is 3. The van der Waals surface area contributed by atoms with Gasteiger partial charge in [-0.15, -0.1) is 11.6 Å². The summed E-state index contributed by atoms with van der Waals surface area (Å²) < 4.78 is 5.17. The monoisotopic (exact) mass is 202 g/mol. The van der Waals surface area contributed by atoms with E-state index in [1.54, 1.807) is 12.1 Å². The largest absolute Gasteiger partial charge is 0.508 e. The van der Waals surface area contributed by atoms with Gasteiger partial charge in [-0.1, -0.05) is 0 Å². The van der Waals surface area contributed by atoms with Crippen molar-refractivity contribution in [3.63, 3.8) is 0 Å². The van der Waals surface area contributed by atoms with E-state index in [2.05, 4.69) is 0 Å². The fraction of sp³-hybridized carbons (Fsp3) is 0.333. The molecular formula is C9H11ClO3. The molecule has 0 aromatic heterocycles. The minimum atomic E-state index is -0.657. The van der Waals surface area contributed by atoms with Crippen LogP contribution in [0.15, 0.2) is 24.3 Å². The first-order valence-electron chi connectivity index (χ1n) is 3.88. The van der Waals surface area contributed by atoms with Crippen molar-refractivity contribution in [2.24, 2.45) is 0 Å². The molecule has 1 atom stereocenters. The Labute approximate surface area is 81.5 Å². The molecule has 13 heavy (non-hydrogen) atoms. The summed E-state index contributed by atoms with van der Waals surface area (Å²) in [7, 11) is 0. The summed E-state index contributed by atoms with van der Waals surface area (Å²) in [5, 5.41) is 18.0. The summed E-state index contributed by atoms with van der Waals surface area (Å²) in [6, 6.07) is 6.28. The Morgan fingerprint density at radius 2 is 1.92 bits per heavy atom. The number of aliphatic hydroxyl groups is 1. The molecule has 1 aromatic rings. The number of halogens is 1. The van der Waals surface area contributed by atoms with Crippen molar-refractivity contribution >= 4 is 11.6 Å². The van der Waals surface area contributed by atoms with E-state index in [4.69, 9.17) is 26.6 Å². The summed E-state index contributed by atoms with van der Waals surface area (Å²) in [5.41, 5.74) is 0. The first-order valence-corrected chi connectivity index (χ1v) is 4.41. The molecule has 0 radical (unpaired) electrons. The summed E-state index contributed by atoms with van der Waals surface area (Å²) in [6.07, 6.45) is -0.657. The van der Waals surface area contributed by atoms with Crippen LogP contribution in [0.5, 0.6) is 11.5 Å². The number of aromatic hydroxyl groups is 1. The maximum atomic E-state index is 9.07. The van der Waals surface area contributed by atoms with Gasteiger partial charge in [-0.25, -0.2) is 0 Å². The third kappa shape index (κ3) is 3.53. The Morgan fingerprint density at radius 1 is 1.31 bits per heavy atom. The number of benzene rings is 1. The minimum Gasteiger partial charge on any atom is -0.508 e. The van der Waals surface area contributed by atoms with Crippen LogP contribution in [0.4, 0.5) is 0 Å². The minimum absolute atomic E-state index is 0.151. The predicted octanol–water partition coefficient (Wildman–Crippen LogP) is 1.37. The average molecular weight is 203 g/mol. The van der Waals surface area contributed by atoms with Crippen molar-refractivity contribution in [3.05, 3.63) is 24.3 Å². The van der Waals surface area contributed by atoms with E-state index in [0.717, 1.165) is 0 Å². The molecule has 72 valence electrons. The van der Waals surface area contributed by atoms with E-state index in [9.17, 15) is 0 Å². The van der Waals surface area contributed by atoms with Gasteiger partial charge in [-0.2, -0.15) is 0 Å². The van der Waals surface area contributed by atoms with Gasteiger partial charge in [0.05, 0.1) is 5.88 Å². The van der Waals surface area contributed by atoms with Gasteiger partial charge < -0.3 is 14.9 Å². The van der Waals surface area contributed by atoms with E-state index in [0.29, 0.717) is 5.75 Å². The van der Waals surface area contributed by atoms with Crippen LogP contribution in [0.2, 0.25) is 0 Å². The number of phenols is 1.